The van der Waals surface area contributed by atoms with E-state index in [9.17, 15) is 0 Å². The molecular weight excluding hydrogens is 1060 g/mol. The molecule has 0 atom stereocenters. The van der Waals surface area contributed by atoms with Crippen molar-refractivity contribution in [2.45, 2.75) is 78.6 Å². The van der Waals surface area contributed by atoms with Gasteiger partial charge in [-0.1, -0.05) is 200 Å². The third-order valence-electron chi connectivity index (χ3n) is 12.7. The standard InChI is InChI=1S/C64H57N7.Pt/c1-62(2,3)45-36-37-65-59(38-45)71-53-31-17-16-28-51(53)52-35-34-48(40-56(52)71)70(61-66-57(63(4,5)6)41-58(67-61)64(7,8)9)47-27-20-26-46(39-47)68-42-69(55-33-19-18-32-54(55)68)60-49(43-22-12-10-13-23-43)29-21-30-50(60)44-24-14-11-15-25-44;/h10-38,41H,1-9H3;/q-2;/i10D,11D,12D,13D,14D,15D,22D,23D,24D,25D;. The van der Waals surface area contributed by atoms with Crippen LogP contribution < -0.4 is 9.47 Å². The molecule has 0 amide bonds. The molecule has 360 valence electrons. The van der Waals surface area contributed by atoms with E-state index in [1.165, 1.54) is 0 Å². The zero-order valence-electron chi connectivity index (χ0n) is 51.5. The van der Waals surface area contributed by atoms with Crippen LogP contribution in [0.15, 0.2) is 182 Å². The number of hydrogen-bond donors (Lipinski definition) is 0. The van der Waals surface area contributed by atoms with Crippen LogP contribution >= 0.6 is 0 Å². The van der Waals surface area contributed by atoms with Crippen molar-refractivity contribution in [3.63, 3.8) is 0 Å². The van der Waals surface area contributed by atoms with Gasteiger partial charge in [-0.25, -0.2) is 15.0 Å². The number of benzene rings is 7. The number of anilines is 3. The number of imidazole rings is 1. The molecule has 0 saturated heterocycles. The topological polar surface area (TPSA) is 55.6 Å². The predicted octanol–water partition coefficient (Wildman–Crippen LogP) is 15.3. The van der Waals surface area contributed by atoms with Crippen LogP contribution in [0.5, 0.6) is 0 Å². The Morgan fingerprint density at radius 1 is 0.569 bits per heavy atom. The van der Waals surface area contributed by atoms with E-state index in [0.29, 0.717) is 34.0 Å². The molecule has 0 aliphatic carbocycles. The number of nitrogens with zero attached hydrogens (tertiary/aromatic N) is 7. The fourth-order valence-corrected chi connectivity index (χ4v) is 8.97. The summed E-state index contributed by atoms with van der Waals surface area (Å²) in [5.41, 5.74) is 6.54. The zero-order valence-corrected chi connectivity index (χ0v) is 43.8. The van der Waals surface area contributed by atoms with Crippen molar-refractivity contribution in [3.8, 4) is 39.4 Å². The number of pyridine rings is 1. The summed E-state index contributed by atoms with van der Waals surface area (Å²) in [4.78, 5) is 17.6. The molecule has 4 aromatic heterocycles. The number of fused-ring (bicyclic) bond motifs is 4. The second-order valence-corrected chi connectivity index (χ2v) is 20.8. The molecule has 8 heteroatoms. The summed E-state index contributed by atoms with van der Waals surface area (Å²) in [5, 5.41) is 2.00. The molecular formula is C64H57N7Pt-2. The van der Waals surface area contributed by atoms with Crippen molar-refractivity contribution in [2.24, 2.45) is 0 Å². The summed E-state index contributed by atoms with van der Waals surface area (Å²) in [6.07, 6.45) is 5.36. The molecule has 0 aliphatic rings. The average Bonchev–Trinajstić information content (AvgIpc) is 4.10. The van der Waals surface area contributed by atoms with Crippen LogP contribution in [0.25, 0.3) is 72.3 Å². The molecule has 4 heterocycles. The Balaban J connectivity index is 0.00000753. The van der Waals surface area contributed by atoms with Crippen molar-refractivity contribution in [1.82, 2.24) is 24.1 Å². The van der Waals surface area contributed by atoms with E-state index in [2.05, 4.69) is 122 Å². The van der Waals surface area contributed by atoms with Gasteiger partial charge in [-0.3, -0.25) is 4.57 Å². The number of aromatic nitrogens is 6. The third kappa shape index (κ3) is 8.85. The average molecular weight is 1130 g/mol. The van der Waals surface area contributed by atoms with E-state index in [1.54, 1.807) is 27.3 Å². The second-order valence-electron chi connectivity index (χ2n) is 20.8. The van der Waals surface area contributed by atoms with Gasteiger partial charge >= 0.3 is 0 Å². The number of hydrogen-bond acceptors (Lipinski definition) is 4. The molecule has 0 saturated carbocycles. The zero-order chi connectivity index (χ0) is 57.9. The fourth-order valence-electron chi connectivity index (χ4n) is 8.97. The summed E-state index contributed by atoms with van der Waals surface area (Å²) >= 11 is 0. The van der Waals surface area contributed by atoms with Crippen LogP contribution in [0.4, 0.5) is 17.3 Å². The Bertz CT molecular complexity index is 4220. The summed E-state index contributed by atoms with van der Waals surface area (Å²) in [6.45, 7) is 19.3. The first-order chi connectivity index (χ1) is 38.3. The molecule has 72 heavy (non-hydrogen) atoms. The maximum atomic E-state index is 9.17. The van der Waals surface area contributed by atoms with E-state index in [0.717, 1.165) is 44.6 Å². The first-order valence-corrected chi connectivity index (χ1v) is 23.6. The van der Waals surface area contributed by atoms with Crippen molar-refractivity contribution in [1.29, 1.82) is 0 Å². The van der Waals surface area contributed by atoms with Crippen LogP contribution in [0.1, 0.15) is 93.0 Å². The Labute approximate surface area is 451 Å². The Morgan fingerprint density at radius 2 is 1.17 bits per heavy atom. The van der Waals surface area contributed by atoms with Crippen LogP contribution in [0.3, 0.4) is 0 Å². The quantitative estimate of drug-likeness (QED) is 0.112. The van der Waals surface area contributed by atoms with E-state index < -0.39 is 60.4 Å². The van der Waals surface area contributed by atoms with Crippen LogP contribution in [-0.2, 0) is 37.3 Å². The van der Waals surface area contributed by atoms with Gasteiger partial charge in [-0.15, -0.1) is 23.6 Å². The Hall–Kier alpha value is -7.47. The molecule has 11 aromatic rings. The van der Waals surface area contributed by atoms with E-state index in [4.69, 9.17) is 28.7 Å². The largest absolute Gasteiger partial charge is 0.328 e. The monoisotopic (exact) mass is 1130 g/mol. The molecule has 7 nitrogen and oxygen atoms in total. The summed E-state index contributed by atoms with van der Waals surface area (Å²) in [6, 6.07) is 38.7. The van der Waals surface area contributed by atoms with Crippen molar-refractivity contribution >= 4 is 50.2 Å². The second kappa shape index (κ2) is 18.6. The molecule has 0 spiro atoms. The van der Waals surface area contributed by atoms with Gasteiger partial charge < -0.3 is 14.0 Å². The normalized spacial score (nSPS) is 14.1. The minimum atomic E-state index is -0.578. The maximum absolute atomic E-state index is 9.17. The number of para-hydroxylation sites is 4. The van der Waals surface area contributed by atoms with E-state index >= 15 is 0 Å². The minimum absolute atomic E-state index is 0. The van der Waals surface area contributed by atoms with Gasteiger partial charge in [0.25, 0.3) is 6.33 Å². The third-order valence-corrected chi connectivity index (χ3v) is 12.7. The van der Waals surface area contributed by atoms with Crippen LogP contribution in [0.2, 0.25) is 0 Å². The minimum Gasteiger partial charge on any atom is -0.328 e. The summed E-state index contributed by atoms with van der Waals surface area (Å²) in [7, 11) is 0. The van der Waals surface area contributed by atoms with Gasteiger partial charge in [-0.05, 0) is 68.6 Å². The van der Waals surface area contributed by atoms with Crippen molar-refractivity contribution in [3.05, 3.63) is 217 Å². The first-order valence-electron chi connectivity index (χ1n) is 28.6. The molecule has 0 N–H and O–H groups in total. The number of rotatable bonds is 8. The summed E-state index contributed by atoms with van der Waals surface area (Å²) in [5.74, 6) is 1.13. The van der Waals surface area contributed by atoms with Gasteiger partial charge in [0, 0.05) is 43.6 Å². The summed E-state index contributed by atoms with van der Waals surface area (Å²) < 4.78 is 93.9. The molecule has 11 rings (SSSR count). The van der Waals surface area contributed by atoms with Gasteiger partial charge in [0.05, 0.1) is 41.8 Å². The molecule has 0 fully saturated rings. The molecule has 0 bridgehead atoms. The molecule has 0 aliphatic heterocycles. The van der Waals surface area contributed by atoms with Gasteiger partial charge in [0.1, 0.15) is 5.82 Å². The SMILES string of the molecule is [2H]c1c([2H])c([2H])c(-c2cccc(-c3c([2H])c([2H])c([2H])c([2H])c3[2H])c2-[n+]2[c-]n(-c3[c-]c(N(c4[c-]c5c(cc4)c4ccccc4n5-c4cc(C(C)(C)C)ccn4)c4nc(C(C)(C)C)cc(C(C)(C)C)n4)ccc3)c3ccccc32)c([2H])c1[2H].[Pt]. The Kier molecular flexibility index (Phi) is 9.65. The smallest absolute Gasteiger partial charge is 0.268 e. The van der Waals surface area contributed by atoms with Gasteiger partial charge in [-0.2, -0.15) is 24.3 Å². The van der Waals surface area contributed by atoms with Crippen molar-refractivity contribution in [2.75, 3.05) is 4.90 Å². The van der Waals surface area contributed by atoms with Crippen LogP contribution in [-0.4, -0.2) is 24.1 Å². The van der Waals surface area contributed by atoms with Crippen molar-refractivity contribution < 1.29 is 39.3 Å². The maximum Gasteiger partial charge on any atom is 0.268 e. The van der Waals surface area contributed by atoms with Gasteiger partial charge in [0.15, 0.2) is 0 Å². The first kappa shape index (κ1) is 37.3. The molecule has 0 unspecified atom stereocenters. The fraction of sp³-hybridized carbons (Fsp3) is 0.188. The van der Waals surface area contributed by atoms with Gasteiger partial charge in [0.2, 0.25) is 5.95 Å². The van der Waals surface area contributed by atoms with E-state index in [1.807, 2.05) is 71.8 Å². The Morgan fingerprint density at radius 3 is 1.81 bits per heavy atom. The predicted molar refractivity (Wildman–Crippen MR) is 291 cm³/mol. The van der Waals surface area contributed by atoms with E-state index in [-0.39, 0.29) is 65.3 Å². The van der Waals surface area contributed by atoms with Crippen LogP contribution in [0, 0.1) is 18.5 Å². The molecule has 7 aromatic carbocycles. The molecule has 0 radical (unpaired) electrons.